The minimum absolute atomic E-state index is 0.00000425. The molecule has 0 spiro atoms. The molecule has 2 saturated carbocycles. The Morgan fingerprint density at radius 3 is 2.58 bits per heavy atom. The van der Waals surface area contributed by atoms with Crippen molar-refractivity contribution in [2.75, 3.05) is 13.2 Å². The maximum absolute atomic E-state index is 14.5. The molecule has 1 aromatic carbocycles. The first-order valence-electron chi connectivity index (χ1n) is 9.65. The molecule has 1 aliphatic heterocycles. The third kappa shape index (κ3) is 3.49. The molecule has 2 atom stereocenters. The molecule has 3 fully saturated rings. The fourth-order valence-electron chi connectivity index (χ4n) is 4.42. The summed E-state index contributed by atoms with van der Waals surface area (Å²) in [4.78, 5) is -0.00000425. The zero-order valence-corrected chi connectivity index (χ0v) is 15.7. The van der Waals surface area contributed by atoms with Crippen LogP contribution >= 0.6 is 0 Å². The Balaban J connectivity index is 1.56. The Morgan fingerprint density at radius 1 is 1.08 bits per heavy atom. The van der Waals surface area contributed by atoms with E-state index >= 15 is 0 Å². The van der Waals surface area contributed by atoms with E-state index in [9.17, 15) is 12.8 Å². The van der Waals surface area contributed by atoms with Gasteiger partial charge in [0.15, 0.2) is 11.6 Å². The maximum Gasteiger partial charge on any atom is 0.243 e. The van der Waals surface area contributed by atoms with Gasteiger partial charge < -0.3 is 9.47 Å². The van der Waals surface area contributed by atoms with E-state index in [-0.39, 0.29) is 28.9 Å². The van der Waals surface area contributed by atoms with E-state index in [2.05, 4.69) is 0 Å². The predicted molar refractivity (Wildman–Crippen MR) is 95.2 cm³/mol. The highest BCUT2D eigenvalue weighted by molar-refractivity contribution is 7.89. The maximum atomic E-state index is 14.5. The zero-order chi connectivity index (χ0) is 18.1. The van der Waals surface area contributed by atoms with Crippen LogP contribution in [-0.2, 0) is 14.8 Å². The fourth-order valence-corrected chi connectivity index (χ4v) is 6.09. The normalized spacial score (nSPS) is 28.0. The van der Waals surface area contributed by atoms with Gasteiger partial charge in [-0.15, -0.1) is 0 Å². The van der Waals surface area contributed by atoms with Crippen LogP contribution < -0.4 is 4.74 Å². The third-order valence-corrected chi connectivity index (χ3v) is 7.71. The van der Waals surface area contributed by atoms with Crippen LogP contribution in [0, 0.1) is 5.82 Å². The molecule has 5 nitrogen and oxygen atoms in total. The molecule has 3 aliphatic rings. The van der Waals surface area contributed by atoms with E-state index < -0.39 is 15.8 Å². The molecule has 1 heterocycles. The van der Waals surface area contributed by atoms with Gasteiger partial charge in [-0.05, 0) is 56.7 Å². The first-order chi connectivity index (χ1) is 12.6. The molecule has 26 heavy (non-hydrogen) atoms. The quantitative estimate of drug-likeness (QED) is 0.799. The summed E-state index contributed by atoms with van der Waals surface area (Å²) in [6.45, 7) is 0.719. The second-order valence-electron chi connectivity index (χ2n) is 7.49. The van der Waals surface area contributed by atoms with Crippen molar-refractivity contribution in [1.82, 2.24) is 4.31 Å². The highest BCUT2D eigenvalue weighted by Crippen LogP contribution is 2.34. The number of nitrogens with zero attached hydrogens (tertiary/aromatic N) is 1. The van der Waals surface area contributed by atoms with E-state index in [1.165, 1.54) is 16.4 Å². The summed E-state index contributed by atoms with van der Waals surface area (Å²) in [5, 5.41) is 0. The number of morpholine rings is 1. The number of benzene rings is 1. The summed E-state index contributed by atoms with van der Waals surface area (Å²) in [6.07, 6.45) is 7.80. The van der Waals surface area contributed by atoms with Crippen LogP contribution in [-0.4, -0.2) is 44.1 Å². The molecular weight excluding hydrogens is 357 g/mol. The van der Waals surface area contributed by atoms with E-state index in [0.29, 0.717) is 13.2 Å². The van der Waals surface area contributed by atoms with E-state index in [1.54, 1.807) is 0 Å². The molecule has 1 aromatic rings. The van der Waals surface area contributed by atoms with Crippen LogP contribution in [0.25, 0.3) is 0 Å². The van der Waals surface area contributed by atoms with Gasteiger partial charge in [-0.2, -0.15) is 4.31 Å². The number of hydrogen-bond donors (Lipinski definition) is 0. The minimum Gasteiger partial charge on any atom is -0.487 e. The van der Waals surface area contributed by atoms with Gasteiger partial charge in [-0.25, -0.2) is 12.8 Å². The van der Waals surface area contributed by atoms with Crippen molar-refractivity contribution in [3.05, 3.63) is 24.0 Å². The van der Waals surface area contributed by atoms with Gasteiger partial charge in [0.1, 0.15) is 0 Å². The molecule has 0 bridgehead atoms. The Morgan fingerprint density at radius 2 is 1.81 bits per heavy atom. The van der Waals surface area contributed by atoms with Crippen molar-refractivity contribution in [3.63, 3.8) is 0 Å². The number of halogens is 1. The summed E-state index contributed by atoms with van der Waals surface area (Å²) < 4.78 is 53.7. The molecule has 7 heteroatoms. The van der Waals surface area contributed by atoms with Crippen LogP contribution in [0.1, 0.15) is 51.4 Å². The standard InChI is InChI=1S/C19H26FNO4S/c20-16-13-15(9-10-18(16)25-14-5-1-2-6-14)26(22,23)21-11-12-24-19-8-4-3-7-17(19)21/h9-10,13-14,17,19H,1-8,11-12H2. The Bertz CT molecular complexity index is 746. The fraction of sp³-hybridized carbons (Fsp3) is 0.684. The first-order valence-corrected chi connectivity index (χ1v) is 11.1. The van der Waals surface area contributed by atoms with Gasteiger partial charge in [0.2, 0.25) is 10.0 Å². The monoisotopic (exact) mass is 383 g/mol. The van der Waals surface area contributed by atoms with Gasteiger partial charge in [-0.3, -0.25) is 0 Å². The van der Waals surface area contributed by atoms with Crippen LogP contribution in [0.3, 0.4) is 0 Å². The average Bonchev–Trinajstić information content (AvgIpc) is 3.16. The van der Waals surface area contributed by atoms with Crippen molar-refractivity contribution in [1.29, 1.82) is 0 Å². The van der Waals surface area contributed by atoms with Crippen LogP contribution in [0.5, 0.6) is 5.75 Å². The Kier molecular flexibility index (Phi) is 5.21. The number of hydrogen-bond acceptors (Lipinski definition) is 4. The van der Waals surface area contributed by atoms with Crippen molar-refractivity contribution in [2.24, 2.45) is 0 Å². The lowest BCUT2D eigenvalue weighted by molar-refractivity contribution is -0.0586. The van der Waals surface area contributed by atoms with Crippen LogP contribution in [0.2, 0.25) is 0 Å². The van der Waals surface area contributed by atoms with Gasteiger partial charge >= 0.3 is 0 Å². The molecule has 0 amide bonds. The van der Waals surface area contributed by atoms with Crippen molar-refractivity contribution >= 4 is 10.0 Å². The molecule has 2 unspecified atom stereocenters. The second kappa shape index (κ2) is 7.44. The van der Waals surface area contributed by atoms with Crippen molar-refractivity contribution in [2.45, 2.75) is 74.5 Å². The largest absolute Gasteiger partial charge is 0.487 e. The van der Waals surface area contributed by atoms with Crippen LogP contribution in [0.15, 0.2) is 23.1 Å². The highest BCUT2D eigenvalue weighted by atomic mass is 32.2. The number of sulfonamides is 1. The van der Waals surface area contributed by atoms with E-state index in [4.69, 9.17) is 9.47 Å². The number of rotatable bonds is 4. The lowest BCUT2D eigenvalue weighted by Crippen LogP contribution is -2.54. The SMILES string of the molecule is O=S(=O)(c1ccc(OC2CCCC2)c(F)c1)N1CCOC2CCCCC21. The summed E-state index contributed by atoms with van der Waals surface area (Å²) >= 11 is 0. The van der Waals surface area contributed by atoms with Crippen molar-refractivity contribution in [3.8, 4) is 5.75 Å². The number of fused-ring (bicyclic) bond motifs is 1. The van der Waals surface area contributed by atoms with E-state index in [0.717, 1.165) is 57.4 Å². The Labute approximate surface area is 154 Å². The average molecular weight is 383 g/mol. The number of ether oxygens (including phenoxy) is 2. The zero-order valence-electron chi connectivity index (χ0n) is 14.9. The molecular formula is C19H26FNO4S. The second-order valence-corrected chi connectivity index (χ2v) is 9.38. The summed E-state index contributed by atoms with van der Waals surface area (Å²) in [7, 11) is -3.74. The molecule has 144 valence electrons. The molecule has 2 aliphatic carbocycles. The van der Waals surface area contributed by atoms with E-state index in [1.807, 2.05) is 0 Å². The first kappa shape index (κ1) is 18.2. The van der Waals surface area contributed by atoms with Gasteiger partial charge in [-0.1, -0.05) is 12.8 Å². The lowest BCUT2D eigenvalue weighted by Gasteiger charge is -2.42. The molecule has 4 rings (SSSR count). The molecule has 0 N–H and O–H groups in total. The summed E-state index contributed by atoms with van der Waals surface area (Å²) in [5.74, 6) is -0.459. The topological polar surface area (TPSA) is 55.8 Å². The van der Waals surface area contributed by atoms with Crippen LogP contribution in [0.4, 0.5) is 4.39 Å². The smallest absolute Gasteiger partial charge is 0.243 e. The van der Waals surface area contributed by atoms with Gasteiger partial charge in [0.05, 0.1) is 29.8 Å². The highest BCUT2D eigenvalue weighted by Gasteiger charge is 2.41. The van der Waals surface area contributed by atoms with Gasteiger partial charge in [0, 0.05) is 6.54 Å². The van der Waals surface area contributed by atoms with Crippen molar-refractivity contribution < 1.29 is 22.3 Å². The summed E-state index contributed by atoms with van der Waals surface area (Å²) in [6, 6.07) is 3.89. The third-order valence-electron chi connectivity index (χ3n) is 5.79. The lowest BCUT2D eigenvalue weighted by atomic mass is 9.91. The Hall–Kier alpha value is -1.18. The predicted octanol–water partition coefficient (Wildman–Crippen LogP) is 3.48. The molecule has 0 radical (unpaired) electrons. The summed E-state index contributed by atoms with van der Waals surface area (Å²) in [5.41, 5.74) is 0. The minimum atomic E-state index is -3.74. The molecule has 0 aromatic heterocycles. The van der Waals surface area contributed by atoms with Gasteiger partial charge in [0.25, 0.3) is 0 Å². The molecule has 1 saturated heterocycles.